The monoisotopic (exact) mass is 511 g/mol. The first-order valence-corrected chi connectivity index (χ1v) is 13.3. The van der Waals surface area contributed by atoms with Gasteiger partial charge in [0, 0.05) is 54.0 Å². The average molecular weight is 512 g/mol. The van der Waals surface area contributed by atoms with Gasteiger partial charge in [0.15, 0.2) is 0 Å². The maximum atomic E-state index is 9.96. The number of H-pyrrole nitrogens is 1. The first kappa shape index (κ1) is 23.8. The lowest BCUT2D eigenvalue weighted by molar-refractivity contribution is 0.283. The highest BCUT2D eigenvalue weighted by Crippen LogP contribution is 2.39. The molecule has 37 heavy (non-hydrogen) atoms. The van der Waals surface area contributed by atoms with E-state index >= 15 is 0 Å². The summed E-state index contributed by atoms with van der Waals surface area (Å²) in [6, 6.07) is 16.7. The van der Waals surface area contributed by atoms with Crippen molar-refractivity contribution >= 4 is 28.3 Å². The predicted octanol–water partition coefficient (Wildman–Crippen LogP) is 6.25. The van der Waals surface area contributed by atoms with Gasteiger partial charge >= 0.3 is 0 Å². The largest absolute Gasteiger partial charge is 0.392 e. The number of nitrogens with zero attached hydrogens (tertiary/aromatic N) is 4. The third-order valence-electron chi connectivity index (χ3n) is 7.48. The third kappa shape index (κ3) is 4.01. The molecule has 0 fully saturated rings. The van der Waals surface area contributed by atoms with Crippen molar-refractivity contribution in [3.05, 3.63) is 93.9 Å². The van der Waals surface area contributed by atoms with Crippen molar-refractivity contribution in [2.45, 2.75) is 46.3 Å². The fourth-order valence-corrected chi connectivity index (χ4v) is 5.72. The van der Waals surface area contributed by atoms with Gasteiger partial charge in [-0.05, 0) is 42.2 Å². The van der Waals surface area contributed by atoms with Crippen molar-refractivity contribution in [1.82, 2.24) is 19.7 Å². The number of hydrogen-bond acceptors (Lipinski definition) is 4. The van der Waals surface area contributed by atoms with Gasteiger partial charge in [-0.15, -0.1) is 0 Å². The van der Waals surface area contributed by atoms with E-state index in [0.717, 1.165) is 65.0 Å². The predicted molar refractivity (Wildman–Crippen MR) is 150 cm³/mol. The van der Waals surface area contributed by atoms with E-state index in [-0.39, 0.29) is 6.61 Å². The van der Waals surface area contributed by atoms with E-state index in [9.17, 15) is 5.11 Å². The number of nitrogens with one attached hydrogen (secondary N) is 1. The normalized spacial score (nSPS) is 13.4. The van der Waals surface area contributed by atoms with E-state index in [1.807, 2.05) is 24.4 Å². The summed E-state index contributed by atoms with van der Waals surface area (Å²) in [6.07, 6.45) is 6.34. The number of aromatic amines is 1. The Kier molecular flexibility index (Phi) is 6.22. The number of anilines is 1. The maximum Gasteiger partial charge on any atom is 0.128 e. The van der Waals surface area contributed by atoms with Crippen molar-refractivity contribution in [3.8, 4) is 16.9 Å². The molecule has 6 nitrogen and oxygen atoms in total. The molecule has 4 heterocycles. The molecule has 0 spiro atoms. The molecule has 3 aromatic heterocycles. The van der Waals surface area contributed by atoms with Crippen LogP contribution in [-0.2, 0) is 32.4 Å². The topological polar surface area (TPSA) is 70.0 Å². The quantitative estimate of drug-likeness (QED) is 0.283. The molecule has 0 unspecified atom stereocenters. The lowest BCUT2D eigenvalue weighted by atomic mass is 9.96. The summed E-state index contributed by atoms with van der Waals surface area (Å²) < 4.78 is 2.20. The zero-order valence-corrected chi connectivity index (χ0v) is 21.9. The van der Waals surface area contributed by atoms with Crippen LogP contribution in [0.1, 0.15) is 41.8 Å². The van der Waals surface area contributed by atoms with Gasteiger partial charge in [0.1, 0.15) is 5.82 Å². The van der Waals surface area contributed by atoms with Crippen LogP contribution in [0.3, 0.4) is 0 Å². The van der Waals surface area contributed by atoms with E-state index in [1.54, 1.807) is 6.20 Å². The Morgan fingerprint density at radius 1 is 1.00 bits per heavy atom. The van der Waals surface area contributed by atoms with Gasteiger partial charge in [-0.2, -0.15) is 5.10 Å². The van der Waals surface area contributed by atoms with Crippen molar-refractivity contribution in [2.75, 3.05) is 11.4 Å². The van der Waals surface area contributed by atoms with E-state index in [2.05, 4.69) is 63.7 Å². The molecule has 7 heteroatoms. The van der Waals surface area contributed by atoms with Gasteiger partial charge in [0.2, 0.25) is 0 Å². The molecule has 0 saturated heterocycles. The number of para-hydroxylation sites is 1. The number of aromatic nitrogens is 4. The van der Waals surface area contributed by atoms with Gasteiger partial charge in [-0.25, -0.2) is 9.67 Å². The second kappa shape index (κ2) is 9.69. The Morgan fingerprint density at radius 2 is 1.81 bits per heavy atom. The van der Waals surface area contributed by atoms with E-state index in [4.69, 9.17) is 16.7 Å². The number of aryl methyl sites for hydroxylation is 2. The molecule has 0 saturated carbocycles. The highest BCUT2D eigenvalue weighted by molar-refractivity contribution is 6.30. The summed E-state index contributed by atoms with van der Waals surface area (Å²) in [5.41, 5.74) is 10.2. The summed E-state index contributed by atoms with van der Waals surface area (Å²) in [5.74, 6) is 0.916. The molecule has 0 radical (unpaired) electrons. The lowest BCUT2D eigenvalue weighted by Gasteiger charge is -2.28. The van der Waals surface area contributed by atoms with E-state index in [1.165, 1.54) is 22.4 Å². The van der Waals surface area contributed by atoms with Crippen LogP contribution in [0.5, 0.6) is 0 Å². The zero-order valence-electron chi connectivity index (χ0n) is 21.1. The van der Waals surface area contributed by atoms with Gasteiger partial charge < -0.3 is 15.0 Å². The molecule has 0 amide bonds. The second-order valence-electron chi connectivity index (χ2n) is 9.52. The summed E-state index contributed by atoms with van der Waals surface area (Å²) in [7, 11) is 0. The Morgan fingerprint density at radius 3 is 2.51 bits per heavy atom. The molecule has 0 aliphatic carbocycles. The number of rotatable bonds is 6. The Hall–Kier alpha value is -3.61. The molecular weight excluding hydrogens is 482 g/mol. The minimum atomic E-state index is -0.0106. The van der Waals surface area contributed by atoms with Crippen LogP contribution in [0, 0.1) is 0 Å². The van der Waals surface area contributed by atoms with Crippen LogP contribution in [0.15, 0.2) is 60.9 Å². The van der Waals surface area contributed by atoms with Crippen molar-refractivity contribution in [3.63, 3.8) is 0 Å². The molecule has 2 aromatic carbocycles. The number of pyridine rings is 1. The third-order valence-corrected chi connectivity index (χ3v) is 7.71. The van der Waals surface area contributed by atoms with Crippen molar-refractivity contribution in [2.24, 2.45) is 0 Å². The number of halogens is 1. The molecule has 0 bridgehead atoms. The Labute approximate surface area is 221 Å². The van der Waals surface area contributed by atoms with Crippen LogP contribution in [0.25, 0.3) is 27.8 Å². The number of aliphatic hydroxyl groups excluding tert-OH is 1. The molecule has 1 aliphatic rings. The summed E-state index contributed by atoms with van der Waals surface area (Å²) in [5, 5.41) is 17.0. The van der Waals surface area contributed by atoms with Gasteiger partial charge in [-0.3, -0.25) is 0 Å². The highest BCUT2D eigenvalue weighted by Gasteiger charge is 2.29. The molecule has 2 N–H and O–H groups in total. The van der Waals surface area contributed by atoms with E-state index in [0.29, 0.717) is 11.6 Å². The molecule has 1 aliphatic heterocycles. The summed E-state index contributed by atoms with van der Waals surface area (Å²) >= 11 is 6.12. The average Bonchev–Trinajstić information content (AvgIpc) is 3.57. The highest BCUT2D eigenvalue weighted by atomic mass is 35.5. The Bertz CT molecular complexity index is 1560. The number of hydrogen-bond donors (Lipinski definition) is 2. The fraction of sp³-hybridized carbons (Fsp3) is 0.267. The number of benzene rings is 2. The molecule has 188 valence electrons. The smallest absolute Gasteiger partial charge is 0.128 e. The second-order valence-corrected chi connectivity index (χ2v) is 9.96. The molecule has 0 atom stereocenters. The van der Waals surface area contributed by atoms with Crippen LogP contribution in [0.2, 0.25) is 5.02 Å². The summed E-state index contributed by atoms with van der Waals surface area (Å²) in [6.45, 7) is 5.95. The standard InChI is InChI=1S/C30H30ClN5O/c1-3-19-6-5-7-20(4-2)29(19)36-30(24-10-8-21(18-37)28-23(24)12-14-32-28)25-17-35(15-13-26(25)34-36)27-11-9-22(31)16-33-27/h5-12,14,16,32,37H,3-4,13,15,17-18H2,1-2H3. The minimum absolute atomic E-state index is 0.0106. The fourth-order valence-electron chi connectivity index (χ4n) is 5.60. The first-order valence-electron chi connectivity index (χ1n) is 12.9. The van der Waals surface area contributed by atoms with Crippen molar-refractivity contribution in [1.29, 1.82) is 0 Å². The lowest BCUT2D eigenvalue weighted by Crippen LogP contribution is -2.30. The maximum absolute atomic E-state index is 9.96. The van der Waals surface area contributed by atoms with Gasteiger partial charge in [-0.1, -0.05) is 55.8 Å². The van der Waals surface area contributed by atoms with Gasteiger partial charge in [0.25, 0.3) is 0 Å². The molecular formula is C30H30ClN5O. The van der Waals surface area contributed by atoms with E-state index < -0.39 is 0 Å². The first-order chi connectivity index (χ1) is 18.1. The summed E-state index contributed by atoms with van der Waals surface area (Å²) in [4.78, 5) is 10.2. The zero-order chi connectivity index (χ0) is 25.5. The number of fused-ring (bicyclic) bond motifs is 2. The molecule has 5 aromatic rings. The van der Waals surface area contributed by atoms with Crippen LogP contribution >= 0.6 is 11.6 Å². The number of aliphatic hydroxyl groups is 1. The minimum Gasteiger partial charge on any atom is -0.392 e. The van der Waals surface area contributed by atoms with Crippen LogP contribution in [-0.4, -0.2) is 31.4 Å². The van der Waals surface area contributed by atoms with Gasteiger partial charge in [0.05, 0.1) is 34.2 Å². The Balaban J connectivity index is 1.61. The van der Waals surface area contributed by atoms with Crippen LogP contribution in [0.4, 0.5) is 5.82 Å². The van der Waals surface area contributed by atoms with Crippen molar-refractivity contribution < 1.29 is 5.11 Å². The SMILES string of the molecule is CCc1cccc(CC)c1-n1nc2c(c1-c1ccc(CO)c3[nH]ccc13)CN(c1ccc(Cl)cn1)CC2. The molecule has 6 rings (SSSR count). The van der Waals surface area contributed by atoms with Crippen LogP contribution < -0.4 is 4.90 Å².